The zero-order chi connectivity index (χ0) is 14.6. The Morgan fingerprint density at radius 3 is 2.32 bits per heavy atom. The standard InChI is InChI=1S/C16H26O2Si/c1-7-8-13-12(11-17)9-10-14(16(2,3)4)15(13)18-19(5)6/h9-11,19H,7-8H2,1-6H3. The summed E-state index contributed by atoms with van der Waals surface area (Å²) in [5, 5.41) is 0. The van der Waals surface area contributed by atoms with E-state index in [1.807, 2.05) is 6.07 Å². The molecule has 0 atom stereocenters. The first-order valence-corrected chi connectivity index (χ1v) is 9.87. The van der Waals surface area contributed by atoms with E-state index in [2.05, 4.69) is 46.9 Å². The van der Waals surface area contributed by atoms with Crippen molar-refractivity contribution in [2.24, 2.45) is 0 Å². The Labute approximate surface area is 118 Å². The molecule has 0 fully saturated rings. The molecule has 0 saturated heterocycles. The topological polar surface area (TPSA) is 26.3 Å². The first-order valence-electron chi connectivity index (χ1n) is 7.09. The maximum Gasteiger partial charge on any atom is 0.229 e. The highest BCUT2D eigenvalue weighted by Crippen LogP contribution is 2.36. The fourth-order valence-corrected chi connectivity index (χ4v) is 2.96. The minimum absolute atomic E-state index is 0.0303. The molecule has 0 heterocycles. The van der Waals surface area contributed by atoms with Gasteiger partial charge in [0.05, 0.1) is 0 Å². The Bertz CT molecular complexity index is 445. The maximum atomic E-state index is 11.3. The molecule has 0 saturated carbocycles. The average molecular weight is 278 g/mol. The molecule has 0 unspecified atom stereocenters. The van der Waals surface area contributed by atoms with Crippen molar-refractivity contribution in [2.75, 3.05) is 0 Å². The fourth-order valence-electron chi connectivity index (χ4n) is 2.22. The monoisotopic (exact) mass is 278 g/mol. The molecule has 106 valence electrons. The zero-order valence-electron chi connectivity index (χ0n) is 13.0. The number of hydrogen-bond donors (Lipinski definition) is 0. The van der Waals surface area contributed by atoms with Crippen molar-refractivity contribution in [3.8, 4) is 5.75 Å². The highest BCUT2D eigenvalue weighted by atomic mass is 28.3. The second kappa shape index (κ2) is 6.37. The normalized spacial score (nSPS) is 11.7. The van der Waals surface area contributed by atoms with Crippen LogP contribution in [0.3, 0.4) is 0 Å². The molecule has 2 nitrogen and oxygen atoms in total. The zero-order valence-corrected chi connectivity index (χ0v) is 14.2. The van der Waals surface area contributed by atoms with Gasteiger partial charge < -0.3 is 4.43 Å². The SMILES string of the molecule is CCCc1c(C=O)ccc(C(C)(C)C)c1O[SiH](C)C. The van der Waals surface area contributed by atoms with Gasteiger partial charge >= 0.3 is 0 Å². The third-order valence-corrected chi connectivity index (χ3v) is 3.79. The number of rotatable bonds is 5. The smallest absolute Gasteiger partial charge is 0.229 e. The molecule has 19 heavy (non-hydrogen) atoms. The summed E-state index contributed by atoms with van der Waals surface area (Å²) < 4.78 is 6.18. The van der Waals surface area contributed by atoms with Crippen LogP contribution in [-0.2, 0) is 11.8 Å². The molecule has 0 aliphatic rings. The van der Waals surface area contributed by atoms with Gasteiger partial charge in [0.1, 0.15) is 12.0 Å². The van der Waals surface area contributed by atoms with Crippen molar-refractivity contribution in [1.29, 1.82) is 0 Å². The van der Waals surface area contributed by atoms with Crippen LogP contribution in [0.4, 0.5) is 0 Å². The van der Waals surface area contributed by atoms with Gasteiger partial charge in [-0.25, -0.2) is 0 Å². The van der Waals surface area contributed by atoms with Crippen molar-refractivity contribution in [2.45, 2.75) is 59.0 Å². The molecule has 0 aliphatic heterocycles. The molecule has 0 N–H and O–H groups in total. The molecule has 1 aromatic rings. The highest BCUT2D eigenvalue weighted by Gasteiger charge is 2.23. The summed E-state index contributed by atoms with van der Waals surface area (Å²) in [5.41, 5.74) is 3.11. The van der Waals surface area contributed by atoms with Crippen LogP contribution in [0.2, 0.25) is 13.1 Å². The largest absolute Gasteiger partial charge is 0.547 e. The summed E-state index contributed by atoms with van der Waals surface area (Å²) in [4.78, 5) is 11.3. The average Bonchev–Trinajstić information content (AvgIpc) is 2.29. The summed E-state index contributed by atoms with van der Waals surface area (Å²) in [6.45, 7) is 13.0. The van der Waals surface area contributed by atoms with Crippen molar-refractivity contribution in [3.63, 3.8) is 0 Å². The number of carbonyl (C=O) groups is 1. The van der Waals surface area contributed by atoms with Gasteiger partial charge in [-0.15, -0.1) is 0 Å². The Hall–Kier alpha value is -1.09. The first-order chi connectivity index (χ1) is 8.81. The lowest BCUT2D eigenvalue weighted by atomic mass is 9.83. The molecule has 0 radical (unpaired) electrons. The molecule has 0 bridgehead atoms. The van der Waals surface area contributed by atoms with Gasteiger partial charge in [0.25, 0.3) is 0 Å². The van der Waals surface area contributed by atoms with E-state index in [0.29, 0.717) is 0 Å². The fraction of sp³-hybridized carbons (Fsp3) is 0.562. The van der Waals surface area contributed by atoms with Crippen molar-refractivity contribution < 1.29 is 9.22 Å². The number of carbonyl (C=O) groups excluding carboxylic acids is 1. The lowest BCUT2D eigenvalue weighted by Crippen LogP contribution is -2.20. The second-order valence-corrected chi connectivity index (χ2v) is 8.63. The molecule has 3 heteroatoms. The van der Waals surface area contributed by atoms with Crippen LogP contribution < -0.4 is 4.43 Å². The summed E-state index contributed by atoms with van der Waals surface area (Å²) in [5.74, 6) is 0.973. The van der Waals surface area contributed by atoms with Crippen molar-refractivity contribution in [3.05, 3.63) is 28.8 Å². The van der Waals surface area contributed by atoms with Crippen LogP contribution in [-0.4, -0.2) is 15.3 Å². The molecule has 0 spiro atoms. The molecule has 0 amide bonds. The maximum absolute atomic E-state index is 11.3. The summed E-state index contributed by atoms with van der Waals surface area (Å²) >= 11 is 0. The van der Waals surface area contributed by atoms with Crippen molar-refractivity contribution in [1.82, 2.24) is 0 Å². The molecule has 1 aromatic carbocycles. The van der Waals surface area contributed by atoms with E-state index in [-0.39, 0.29) is 5.41 Å². The van der Waals surface area contributed by atoms with E-state index in [1.165, 1.54) is 5.56 Å². The van der Waals surface area contributed by atoms with E-state index in [1.54, 1.807) is 0 Å². The highest BCUT2D eigenvalue weighted by molar-refractivity contribution is 6.49. The minimum atomic E-state index is -1.20. The quantitative estimate of drug-likeness (QED) is 0.598. The van der Waals surface area contributed by atoms with Gasteiger partial charge in [0.2, 0.25) is 9.04 Å². The predicted octanol–water partition coefficient (Wildman–Crippen LogP) is 4.11. The van der Waals surface area contributed by atoms with Crippen LogP contribution in [0.5, 0.6) is 5.75 Å². The van der Waals surface area contributed by atoms with E-state index >= 15 is 0 Å². The molecular formula is C16H26O2Si. The first kappa shape index (κ1) is 16.0. The minimum Gasteiger partial charge on any atom is -0.547 e. The third kappa shape index (κ3) is 3.93. The van der Waals surface area contributed by atoms with Gasteiger partial charge in [-0.2, -0.15) is 0 Å². The number of aldehydes is 1. The Morgan fingerprint density at radius 1 is 1.26 bits per heavy atom. The second-order valence-electron chi connectivity index (χ2n) is 6.29. The van der Waals surface area contributed by atoms with Crippen LogP contribution in [0.25, 0.3) is 0 Å². The molecular weight excluding hydrogens is 252 g/mol. The lowest BCUT2D eigenvalue weighted by Gasteiger charge is -2.27. The van der Waals surface area contributed by atoms with Crippen LogP contribution in [0.1, 0.15) is 55.6 Å². The van der Waals surface area contributed by atoms with E-state index in [9.17, 15) is 4.79 Å². The van der Waals surface area contributed by atoms with E-state index in [4.69, 9.17) is 4.43 Å². The van der Waals surface area contributed by atoms with Crippen molar-refractivity contribution >= 4 is 15.3 Å². The van der Waals surface area contributed by atoms with Crippen LogP contribution in [0.15, 0.2) is 12.1 Å². The number of benzene rings is 1. The predicted molar refractivity (Wildman–Crippen MR) is 84.0 cm³/mol. The van der Waals surface area contributed by atoms with Gasteiger partial charge in [0, 0.05) is 11.1 Å². The van der Waals surface area contributed by atoms with Gasteiger partial charge in [-0.3, -0.25) is 4.79 Å². The Morgan fingerprint density at radius 2 is 1.89 bits per heavy atom. The Kier molecular flexibility index (Phi) is 5.35. The van der Waals surface area contributed by atoms with E-state index in [0.717, 1.165) is 36.0 Å². The molecule has 0 aliphatic carbocycles. The summed E-state index contributed by atoms with van der Waals surface area (Å²) in [7, 11) is -1.20. The van der Waals surface area contributed by atoms with Gasteiger partial charge in [-0.05, 0) is 30.5 Å². The number of hydrogen-bond acceptors (Lipinski definition) is 2. The summed E-state index contributed by atoms with van der Waals surface area (Å²) in [6, 6.07) is 3.99. The molecule has 1 rings (SSSR count). The third-order valence-electron chi connectivity index (χ3n) is 3.09. The Balaban J connectivity index is 3.48. The van der Waals surface area contributed by atoms with Crippen LogP contribution >= 0.6 is 0 Å². The summed E-state index contributed by atoms with van der Waals surface area (Å²) in [6.07, 6.45) is 2.87. The lowest BCUT2D eigenvalue weighted by molar-refractivity contribution is 0.112. The van der Waals surface area contributed by atoms with E-state index < -0.39 is 9.04 Å². The van der Waals surface area contributed by atoms with Gasteiger partial charge in [-0.1, -0.05) is 46.2 Å². The van der Waals surface area contributed by atoms with Gasteiger partial charge in [0.15, 0.2) is 0 Å². The van der Waals surface area contributed by atoms with Crippen LogP contribution in [0, 0.1) is 0 Å². The molecule has 0 aromatic heterocycles.